The zero-order valence-electron chi connectivity index (χ0n) is 15.0. The predicted molar refractivity (Wildman–Crippen MR) is 103 cm³/mol. The first-order valence-electron chi connectivity index (χ1n) is 8.92. The van der Waals surface area contributed by atoms with Crippen LogP contribution in [0.25, 0.3) is 0 Å². The van der Waals surface area contributed by atoms with E-state index in [4.69, 9.17) is 4.74 Å². The molecule has 0 bridgehead atoms. The summed E-state index contributed by atoms with van der Waals surface area (Å²) >= 11 is 0. The highest BCUT2D eigenvalue weighted by Crippen LogP contribution is 2.46. The van der Waals surface area contributed by atoms with E-state index in [0.29, 0.717) is 11.8 Å². The lowest BCUT2D eigenvalue weighted by atomic mass is 10.1. The van der Waals surface area contributed by atoms with Crippen molar-refractivity contribution in [3.05, 3.63) is 65.7 Å². The molecule has 0 spiro atoms. The molecule has 2 unspecified atom stereocenters. The van der Waals surface area contributed by atoms with Crippen LogP contribution in [0, 0.1) is 5.92 Å². The van der Waals surface area contributed by atoms with Crippen molar-refractivity contribution in [2.75, 3.05) is 27.2 Å². The number of methoxy groups -OCH3 is 1. The van der Waals surface area contributed by atoms with Crippen LogP contribution in [-0.4, -0.2) is 33.2 Å². The van der Waals surface area contributed by atoms with Crippen molar-refractivity contribution in [3.8, 4) is 5.75 Å². The Labute approximate surface area is 150 Å². The fourth-order valence-corrected chi connectivity index (χ4v) is 3.15. The van der Waals surface area contributed by atoms with Gasteiger partial charge in [0.25, 0.3) is 0 Å². The number of guanidine groups is 1. The summed E-state index contributed by atoms with van der Waals surface area (Å²) < 4.78 is 5.19. The Morgan fingerprint density at radius 1 is 1.08 bits per heavy atom. The molecule has 1 aliphatic carbocycles. The van der Waals surface area contributed by atoms with Gasteiger partial charge < -0.3 is 15.4 Å². The largest absolute Gasteiger partial charge is 0.497 e. The van der Waals surface area contributed by atoms with Gasteiger partial charge in [-0.1, -0.05) is 42.5 Å². The van der Waals surface area contributed by atoms with Crippen molar-refractivity contribution in [2.24, 2.45) is 10.9 Å². The lowest BCUT2D eigenvalue weighted by molar-refractivity contribution is 0.414. The second-order valence-corrected chi connectivity index (χ2v) is 6.49. The van der Waals surface area contributed by atoms with Crippen molar-refractivity contribution >= 4 is 5.96 Å². The molecule has 0 aromatic heterocycles. The number of rotatable bonds is 7. The van der Waals surface area contributed by atoms with Gasteiger partial charge in [-0.25, -0.2) is 0 Å². The van der Waals surface area contributed by atoms with Gasteiger partial charge in [0.15, 0.2) is 5.96 Å². The lowest BCUT2D eigenvalue weighted by Crippen LogP contribution is -2.39. The molecular weight excluding hydrogens is 310 g/mol. The predicted octanol–water partition coefficient (Wildman–Crippen LogP) is 3.21. The summed E-state index contributed by atoms with van der Waals surface area (Å²) in [5.74, 6) is 3.19. The Balaban J connectivity index is 1.37. The summed E-state index contributed by atoms with van der Waals surface area (Å²) in [4.78, 5) is 4.32. The van der Waals surface area contributed by atoms with E-state index < -0.39 is 0 Å². The first-order chi connectivity index (χ1) is 12.3. The van der Waals surface area contributed by atoms with Gasteiger partial charge in [0.1, 0.15) is 5.75 Å². The number of hydrogen-bond donors (Lipinski definition) is 2. The van der Waals surface area contributed by atoms with Crippen LogP contribution in [-0.2, 0) is 6.42 Å². The second kappa shape index (κ2) is 8.56. The molecule has 2 N–H and O–H groups in total. The van der Waals surface area contributed by atoms with E-state index in [2.05, 4.69) is 58.1 Å². The highest BCUT2D eigenvalue weighted by atomic mass is 16.5. The van der Waals surface area contributed by atoms with E-state index in [1.165, 1.54) is 17.5 Å². The van der Waals surface area contributed by atoms with Crippen LogP contribution < -0.4 is 15.4 Å². The number of aliphatic imine (C=N–C) groups is 1. The highest BCUT2D eigenvalue weighted by Gasteiger charge is 2.37. The van der Waals surface area contributed by atoms with Crippen molar-refractivity contribution in [1.82, 2.24) is 10.6 Å². The van der Waals surface area contributed by atoms with Gasteiger partial charge in [-0.15, -0.1) is 0 Å². The minimum absolute atomic E-state index is 0.700. The third-order valence-corrected chi connectivity index (χ3v) is 4.77. The minimum Gasteiger partial charge on any atom is -0.497 e. The van der Waals surface area contributed by atoms with E-state index in [0.717, 1.165) is 31.2 Å². The summed E-state index contributed by atoms with van der Waals surface area (Å²) in [5, 5.41) is 6.85. The topological polar surface area (TPSA) is 45.7 Å². The van der Waals surface area contributed by atoms with Crippen LogP contribution >= 0.6 is 0 Å². The zero-order chi connectivity index (χ0) is 17.5. The standard InChI is InChI=1S/C21H27N3O/c1-22-21(23-13-12-16-8-10-19(25-2)11-9-16)24-15-18-14-20(18)17-6-4-3-5-7-17/h3-11,18,20H,12-15H2,1-2H3,(H2,22,23,24). The summed E-state index contributed by atoms with van der Waals surface area (Å²) in [6, 6.07) is 19.0. The molecule has 1 saturated carbocycles. The normalized spacial score (nSPS) is 19.4. The summed E-state index contributed by atoms with van der Waals surface area (Å²) in [6.07, 6.45) is 2.22. The average molecular weight is 337 g/mol. The second-order valence-electron chi connectivity index (χ2n) is 6.49. The number of nitrogens with one attached hydrogen (secondary N) is 2. The molecule has 0 heterocycles. The summed E-state index contributed by atoms with van der Waals surface area (Å²) in [7, 11) is 3.51. The SMILES string of the molecule is CN=C(NCCc1ccc(OC)cc1)NCC1CC1c1ccccc1. The Bertz CT molecular complexity index is 682. The van der Waals surface area contributed by atoms with Gasteiger partial charge in [0, 0.05) is 20.1 Å². The Hall–Kier alpha value is -2.49. The summed E-state index contributed by atoms with van der Waals surface area (Å²) in [5.41, 5.74) is 2.74. The lowest BCUT2D eigenvalue weighted by Gasteiger charge is -2.12. The summed E-state index contributed by atoms with van der Waals surface area (Å²) in [6.45, 7) is 1.83. The first-order valence-corrected chi connectivity index (χ1v) is 8.92. The molecule has 1 fully saturated rings. The van der Waals surface area contributed by atoms with Crippen molar-refractivity contribution in [1.29, 1.82) is 0 Å². The molecular formula is C21H27N3O. The van der Waals surface area contributed by atoms with Crippen molar-refractivity contribution < 1.29 is 4.74 Å². The Kier molecular flexibility index (Phi) is 5.94. The van der Waals surface area contributed by atoms with Gasteiger partial charge in [-0.3, -0.25) is 4.99 Å². The first kappa shape index (κ1) is 17.3. The molecule has 2 atom stereocenters. The third-order valence-electron chi connectivity index (χ3n) is 4.77. The van der Waals surface area contributed by atoms with Gasteiger partial charge >= 0.3 is 0 Å². The van der Waals surface area contributed by atoms with Gasteiger partial charge in [0.05, 0.1) is 7.11 Å². The number of nitrogens with zero attached hydrogens (tertiary/aromatic N) is 1. The number of ether oxygens (including phenoxy) is 1. The van der Waals surface area contributed by atoms with E-state index in [1.807, 2.05) is 19.2 Å². The van der Waals surface area contributed by atoms with Crippen LogP contribution in [0.1, 0.15) is 23.5 Å². The number of hydrogen-bond acceptors (Lipinski definition) is 2. The number of benzene rings is 2. The molecule has 4 nitrogen and oxygen atoms in total. The van der Waals surface area contributed by atoms with Crippen LogP contribution in [0.15, 0.2) is 59.6 Å². The maximum atomic E-state index is 5.19. The van der Waals surface area contributed by atoms with E-state index in [9.17, 15) is 0 Å². The highest BCUT2D eigenvalue weighted by molar-refractivity contribution is 5.79. The van der Waals surface area contributed by atoms with Crippen molar-refractivity contribution in [2.45, 2.75) is 18.8 Å². The molecule has 2 aromatic rings. The van der Waals surface area contributed by atoms with Gasteiger partial charge in [-0.05, 0) is 47.9 Å². The molecule has 3 rings (SSSR count). The molecule has 0 aliphatic heterocycles. The van der Waals surface area contributed by atoms with Crippen LogP contribution in [0.3, 0.4) is 0 Å². The maximum absolute atomic E-state index is 5.19. The van der Waals surface area contributed by atoms with E-state index in [-0.39, 0.29) is 0 Å². The maximum Gasteiger partial charge on any atom is 0.190 e. The fourth-order valence-electron chi connectivity index (χ4n) is 3.15. The minimum atomic E-state index is 0.700. The Morgan fingerprint density at radius 3 is 2.52 bits per heavy atom. The van der Waals surface area contributed by atoms with Crippen molar-refractivity contribution in [3.63, 3.8) is 0 Å². The molecule has 1 aliphatic rings. The zero-order valence-corrected chi connectivity index (χ0v) is 15.0. The van der Waals surface area contributed by atoms with Crippen LogP contribution in [0.5, 0.6) is 5.75 Å². The average Bonchev–Trinajstić information content (AvgIpc) is 3.45. The smallest absolute Gasteiger partial charge is 0.190 e. The molecule has 132 valence electrons. The van der Waals surface area contributed by atoms with E-state index >= 15 is 0 Å². The monoisotopic (exact) mass is 337 g/mol. The van der Waals surface area contributed by atoms with Gasteiger partial charge in [-0.2, -0.15) is 0 Å². The Morgan fingerprint density at radius 2 is 1.84 bits per heavy atom. The van der Waals surface area contributed by atoms with E-state index in [1.54, 1.807) is 7.11 Å². The molecule has 0 amide bonds. The molecule has 25 heavy (non-hydrogen) atoms. The van der Waals surface area contributed by atoms with Crippen LogP contribution in [0.4, 0.5) is 0 Å². The quantitative estimate of drug-likeness (QED) is 0.602. The molecule has 0 saturated heterocycles. The van der Waals surface area contributed by atoms with Gasteiger partial charge in [0.2, 0.25) is 0 Å². The third kappa shape index (κ3) is 4.99. The van der Waals surface area contributed by atoms with Crippen LogP contribution in [0.2, 0.25) is 0 Å². The molecule has 0 radical (unpaired) electrons. The molecule has 4 heteroatoms. The molecule has 2 aromatic carbocycles. The fraction of sp³-hybridized carbons (Fsp3) is 0.381.